The van der Waals surface area contributed by atoms with Crippen molar-refractivity contribution in [3.05, 3.63) is 134 Å². The van der Waals surface area contributed by atoms with Crippen LogP contribution in [-0.4, -0.2) is 4.98 Å². The minimum atomic E-state index is 0.805. The zero-order valence-electron chi connectivity index (χ0n) is 23.3. The number of nitrogens with zero attached hydrogens (tertiary/aromatic N) is 2. The fourth-order valence-electron chi connectivity index (χ4n) is 6.63. The van der Waals surface area contributed by atoms with Gasteiger partial charge in [-0.1, -0.05) is 60.7 Å². The molecule has 0 spiro atoms. The SMILES string of the molecule is c1ccc2c(c1)cnc1c3cc(N(c4ccc5oc6ccccc6c5c4)c4ccc5oc6ccccc6c5c4)ccc3oc21. The van der Waals surface area contributed by atoms with Crippen molar-refractivity contribution in [1.82, 2.24) is 4.98 Å². The average Bonchev–Trinajstić information content (AvgIpc) is 3.76. The number of hydrogen-bond acceptors (Lipinski definition) is 5. The molecule has 6 aromatic carbocycles. The first-order valence-corrected chi connectivity index (χ1v) is 14.6. The van der Waals surface area contributed by atoms with Gasteiger partial charge in [-0.05, 0) is 66.7 Å². The number of furan rings is 3. The maximum Gasteiger partial charge on any atom is 0.161 e. The second-order valence-electron chi connectivity index (χ2n) is 11.2. The van der Waals surface area contributed by atoms with Crippen molar-refractivity contribution < 1.29 is 13.3 Å². The maximum atomic E-state index is 6.40. The van der Waals surface area contributed by atoms with Crippen LogP contribution < -0.4 is 4.90 Å². The van der Waals surface area contributed by atoms with Crippen LogP contribution in [0.15, 0.2) is 147 Å². The van der Waals surface area contributed by atoms with Crippen LogP contribution >= 0.6 is 0 Å². The van der Waals surface area contributed by atoms with Crippen LogP contribution in [0.1, 0.15) is 0 Å². The first-order valence-electron chi connectivity index (χ1n) is 14.6. The lowest BCUT2D eigenvalue weighted by Gasteiger charge is -2.25. The van der Waals surface area contributed by atoms with Crippen LogP contribution in [0.3, 0.4) is 0 Å². The monoisotopic (exact) mass is 566 g/mol. The van der Waals surface area contributed by atoms with E-state index in [1.165, 1.54) is 0 Å². The van der Waals surface area contributed by atoms with Crippen molar-refractivity contribution >= 4 is 93.8 Å². The highest BCUT2D eigenvalue weighted by Gasteiger charge is 2.20. The minimum Gasteiger partial charge on any atom is -0.456 e. The van der Waals surface area contributed by atoms with E-state index in [0.29, 0.717) is 0 Å². The molecule has 44 heavy (non-hydrogen) atoms. The van der Waals surface area contributed by atoms with Gasteiger partial charge >= 0.3 is 0 Å². The molecule has 4 heterocycles. The summed E-state index contributed by atoms with van der Waals surface area (Å²) in [7, 11) is 0. The lowest BCUT2D eigenvalue weighted by molar-refractivity contribution is 0.668. The third-order valence-electron chi connectivity index (χ3n) is 8.68. The highest BCUT2D eigenvalue weighted by atomic mass is 16.3. The number of benzene rings is 6. The molecular weight excluding hydrogens is 544 g/mol. The lowest BCUT2D eigenvalue weighted by Crippen LogP contribution is -2.09. The van der Waals surface area contributed by atoms with Gasteiger partial charge in [0.25, 0.3) is 0 Å². The predicted octanol–water partition coefficient (Wildman–Crippen LogP) is 11.4. The largest absolute Gasteiger partial charge is 0.456 e. The van der Waals surface area contributed by atoms with E-state index >= 15 is 0 Å². The molecule has 5 heteroatoms. The van der Waals surface area contributed by atoms with Crippen LogP contribution in [0.25, 0.3) is 76.7 Å². The molecule has 206 valence electrons. The number of pyridine rings is 1. The third kappa shape index (κ3) is 3.32. The van der Waals surface area contributed by atoms with Crippen molar-refractivity contribution in [3.63, 3.8) is 0 Å². The molecule has 0 aliphatic rings. The van der Waals surface area contributed by atoms with E-state index in [4.69, 9.17) is 18.2 Å². The molecule has 0 saturated carbocycles. The summed E-state index contributed by atoms with van der Waals surface area (Å²) in [6.45, 7) is 0. The van der Waals surface area contributed by atoms with Gasteiger partial charge in [0.2, 0.25) is 0 Å². The molecule has 0 aliphatic heterocycles. The number of para-hydroxylation sites is 2. The Balaban J connectivity index is 1.24. The van der Waals surface area contributed by atoms with Crippen molar-refractivity contribution in [2.45, 2.75) is 0 Å². The molecule has 0 N–H and O–H groups in total. The Kier molecular flexibility index (Phi) is 4.66. The van der Waals surface area contributed by atoms with Crippen LogP contribution in [0, 0.1) is 0 Å². The average molecular weight is 567 g/mol. The van der Waals surface area contributed by atoms with E-state index in [2.05, 4.69) is 77.7 Å². The summed E-state index contributed by atoms with van der Waals surface area (Å²) in [5.41, 5.74) is 8.96. The Labute approximate surface area is 250 Å². The van der Waals surface area contributed by atoms with E-state index in [0.717, 1.165) is 93.8 Å². The Morgan fingerprint density at radius 3 is 1.50 bits per heavy atom. The minimum absolute atomic E-state index is 0.805. The van der Waals surface area contributed by atoms with Gasteiger partial charge in [0.05, 0.1) is 0 Å². The third-order valence-corrected chi connectivity index (χ3v) is 8.68. The standard InChI is InChI=1S/C39H22N2O3/c1-2-8-27-23(7-1)22-40-38-32-21-26(15-18-37(32)44-39(27)38)41(24-13-16-35-30(19-24)28-9-3-5-11-33(28)42-35)25-14-17-36-31(20-25)29-10-4-6-12-34(29)43-36/h1-22H. The number of aromatic nitrogens is 1. The smallest absolute Gasteiger partial charge is 0.161 e. The number of hydrogen-bond donors (Lipinski definition) is 0. The fourth-order valence-corrected chi connectivity index (χ4v) is 6.63. The molecule has 4 aromatic heterocycles. The quantitative estimate of drug-likeness (QED) is 0.213. The summed E-state index contributed by atoms with van der Waals surface area (Å²) < 4.78 is 18.7. The zero-order chi connectivity index (χ0) is 28.8. The van der Waals surface area contributed by atoms with E-state index in [-0.39, 0.29) is 0 Å². The molecule has 0 aliphatic carbocycles. The molecule has 0 radical (unpaired) electrons. The number of fused-ring (bicyclic) bond motifs is 11. The maximum absolute atomic E-state index is 6.40. The molecule has 10 aromatic rings. The first-order chi connectivity index (χ1) is 21.8. The van der Waals surface area contributed by atoms with Gasteiger partial charge in [-0.2, -0.15) is 0 Å². The molecule has 0 atom stereocenters. The first kappa shape index (κ1) is 23.5. The Bertz CT molecular complexity index is 2630. The van der Waals surface area contributed by atoms with Gasteiger partial charge in [0.15, 0.2) is 5.58 Å². The molecular formula is C39H22N2O3. The molecule has 0 unspecified atom stereocenters. The van der Waals surface area contributed by atoms with Crippen molar-refractivity contribution in [2.75, 3.05) is 4.90 Å². The molecule has 0 bridgehead atoms. The summed E-state index contributed by atoms with van der Waals surface area (Å²) in [4.78, 5) is 7.12. The highest BCUT2D eigenvalue weighted by molar-refractivity contribution is 6.14. The number of rotatable bonds is 3. The van der Waals surface area contributed by atoms with Gasteiger partial charge in [0.1, 0.15) is 33.4 Å². The Hall–Kier alpha value is -6.07. The number of anilines is 3. The second-order valence-corrected chi connectivity index (χ2v) is 11.2. The summed E-state index contributed by atoms with van der Waals surface area (Å²) in [5, 5.41) is 7.41. The van der Waals surface area contributed by atoms with E-state index in [1.54, 1.807) is 0 Å². The van der Waals surface area contributed by atoms with Crippen LogP contribution in [0.4, 0.5) is 17.1 Å². The van der Waals surface area contributed by atoms with Gasteiger partial charge in [-0.3, -0.25) is 4.98 Å². The van der Waals surface area contributed by atoms with Crippen LogP contribution in [0.5, 0.6) is 0 Å². The van der Waals surface area contributed by atoms with Gasteiger partial charge in [0, 0.05) is 61.0 Å². The fraction of sp³-hybridized carbons (Fsp3) is 0. The summed E-state index contributed by atoms with van der Waals surface area (Å²) in [6.07, 6.45) is 1.92. The molecule has 0 saturated heterocycles. The Morgan fingerprint density at radius 2 is 0.886 bits per heavy atom. The van der Waals surface area contributed by atoms with Crippen molar-refractivity contribution in [2.24, 2.45) is 0 Å². The predicted molar refractivity (Wildman–Crippen MR) is 178 cm³/mol. The van der Waals surface area contributed by atoms with E-state index in [1.807, 2.05) is 60.8 Å². The van der Waals surface area contributed by atoms with Gasteiger partial charge < -0.3 is 18.2 Å². The normalized spacial score (nSPS) is 12.1. The van der Waals surface area contributed by atoms with E-state index in [9.17, 15) is 0 Å². The van der Waals surface area contributed by atoms with Crippen LogP contribution in [0.2, 0.25) is 0 Å². The van der Waals surface area contributed by atoms with E-state index < -0.39 is 0 Å². The van der Waals surface area contributed by atoms with Gasteiger partial charge in [-0.15, -0.1) is 0 Å². The Morgan fingerprint density at radius 1 is 0.409 bits per heavy atom. The summed E-state index contributed by atoms with van der Waals surface area (Å²) >= 11 is 0. The van der Waals surface area contributed by atoms with Crippen molar-refractivity contribution in [1.29, 1.82) is 0 Å². The molecule has 5 nitrogen and oxygen atoms in total. The van der Waals surface area contributed by atoms with Crippen molar-refractivity contribution in [3.8, 4) is 0 Å². The summed E-state index contributed by atoms with van der Waals surface area (Å²) in [6, 6.07) is 43.7. The second kappa shape index (κ2) is 8.72. The zero-order valence-corrected chi connectivity index (χ0v) is 23.3. The molecule has 0 amide bonds. The lowest BCUT2D eigenvalue weighted by atomic mass is 10.1. The highest BCUT2D eigenvalue weighted by Crippen LogP contribution is 2.43. The molecule has 0 fully saturated rings. The molecule has 10 rings (SSSR count). The topological polar surface area (TPSA) is 55.6 Å². The van der Waals surface area contributed by atoms with Gasteiger partial charge in [-0.25, -0.2) is 0 Å². The van der Waals surface area contributed by atoms with Crippen LogP contribution in [-0.2, 0) is 0 Å². The summed E-state index contributed by atoms with van der Waals surface area (Å²) in [5.74, 6) is 0.